The molecule has 1 saturated carbocycles. The number of furan rings is 1. The molecule has 7 heteroatoms. The van der Waals surface area contributed by atoms with Gasteiger partial charge in [-0.05, 0) is 49.8 Å². The summed E-state index contributed by atoms with van der Waals surface area (Å²) in [4.78, 5) is 16.7. The van der Waals surface area contributed by atoms with E-state index in [0.29, 0.717) is 23.2 Å². The van der Waals surface area contributed by atoms with Gasteiger partial charge in [0.15, 0.2) is 0 Å². The van der Waals surface area contributed by atoms with E-state index in [1.165, 1.54) is 6.20 Å². The molecule has 4 atom stereocenters. The lowest BCUT2D eigenvalue weighted by Gasteiger charge is -2.33. The molecule has 0 radical (unpaired) electrons. The van der Waals surface area contributed by atoms with Crippen LogP contribution in [0.25, 0.3) is 0 Å². The summed E-state index contributed by atoms with van der Waals surface area (Å²) >= 11 is 0. The second-order valence-corrected chi connectivity index (χ2v) is 7.07. The van der Waals surface area contributed by atoms with E-state index in [9.17, 15) is 4.79 Å². The van der Waals surface area contributed by atoms with E-state index in [-0.39, 0.29) is 18.0 Å². The van der Waals surface area contributed by atoms with Crippen molar-refractivity contribution >= 4 is 5.91 Å². The van der Waals surface area contributed by atoms with Crippen molar-refractivity contribution in [2.45, 2.75) is 44.3 Å². The summed E-state index contributed by atoms with van der Waals surface area (Å²) in [5.41, 5.74) is 9.49. The number of nitrogens with one attached hydrogen (secondary N) is 3. The average molecular weight is 351 g/mol. The predicted molar refractivity (Wildman–Crippen MR) is 93.8 cm³/mol. The third kappa shape index (κ3) is 3.09. The fourth-order valence-corrected chi connectivity index (χ4v) is 4.09. The van der Waals surface area contributed by atoms with Crippen LogP contribution in [-0.4, -0.2) is 23.0 Å². The topological polar surface area (TPSA) is 103 Å². The molecule has 2 aromatic heterocycles. The van der Waals surface area contributed by atoms with E-state index in [4.69, 9.17) is 9.68 Å². The van der Waals surface area contributed by atoms with Crippen molar-refractivity contribution in [3.05, 3.63) is 53.2 Å². The molecule has 4 rings (SSSR count). The van der Waals surface area contributed by atoms with Gasteiger partial charge in [0.05, 0.1) is 24.1 Å². The van der Waals surface area contributed by atoms with Gasteiger partial charge in [0.25, 0.3) is 5.91 Å². The molecule has 1 aliphatic carbocycles. The standard InChI is InChI=1S/C19H21N5O2/c1-11-6-14(8-20)21-9-16(11)19(25)22-13-2-3-17-15(7-13)18(24-23-17)12-4-5-26-10-12/h4-6,9-10,13,15,17-18,23-24H,2-3,7H2,1H3,(H,22,25). The fraction of sp³-hybridized carbons (Fsp3) is 0.421. The molecule has 2 aromatic rings. The first-order valence-electron chi connectivity index (χ1n) is 8.86. The Hall–Kier alpha value is -2.69. The number of amides is 1. The number of carbonyl (C=O) groups is 1. The van der Waals surface area contributed by atoms with Crippen LogP contribution in [0.4, 0.5) is 0 Å². The van der Waals surface area contributed by atoms with Crippen LogP contribution in [-0.2, 0) is 0 Å². The van der Waals surface area contributed by atoms with Crippen LogP contribution in [0.5, 0.6) is 0 Å². The number of nitrogens with zero attached hydrogens (tertiary/aromatic N) is 2. The zero-order valence-electron chi connectivity index (χ0n) is 14.5. The molecule has 3 N–H and O–H groups in total. The van der Waals surface area contributed by atoms with E-state index in [1.807, 2.05) is 19.1 Å². The third-order valence-electron chi connectivity index (χ3n) is 5.46. The maximum Gasteiger partial charge on any atom is 0.253 e. The van der Waals surface area contributed by atoms with E-state index in [2.05, 4.69) is 21.2 Å². The first kappa shape index (κ1) is 16.8. The maximum absolute atomic E-state index is 12.7. The number of carbonyl (C=O) groups excluding carboxylic acids is 1. The number of aryl methyl sites for hydroxylation is 1. The van der Waals surface area contributed by atoms with Crippen LogP contribution < -0.4 is 16.2 Å². The number of rotatable bonds is 3. The van der Waals surface area contributed by atoms with Crippen LogP contribution in [0, 0.1) is 24.2 Å². The van der Waals surface area contributed by atoms with Crippen LogP contribution >= 0.6 is 0 Å². The van der Waals surface area contributed by atoms with Gasteiger partial charge in [-0.3, -0.25) is 10.2 Å². The van der Waals surface area contributed by atoms with Crippen molar-refractivity contribution in [1.82, 2.24) is 21.2 Å². The monoisotopic (exact) mass is 351 g/mol. The molecule has 26 heavy (non-hydrogen) atoms. The lowest BCUT2D eigenvalue weighted by molar-refractivity contribution is 0.0914. The van der Waals surface area contributed by atoms with E-state index < -0.39 is 0 Å². The van der Waals surface area contributed by atoms with Crippen molar-refractivity contribution in [1.29, 1.82) is 5.26 Å². The Morgan fingerprint density at radius 2 is 2.31 bits per heavy atom. The highest BCUT2D eigenvalue weighted by atomic mass is 16.3. The fourth-order valence-electron chi connectivity index (χ4n) is 4.09. The molecule has 2 aliphatic rings. The maximum atomic E-state index is 12.7. The Balaban J connectivity index is 1.44. The van der Waals surface area contributed by atoms with Crippen LogP contribution in [0.1, 0.15) is 52.5 Å². The van der Waals surface area contributed by atoms with Gasteiger partial charge in [-0.15, -0.1) is 0 Å². The highest BCUT2D eigenvalue weighted by Crippen LogP contribution is 2.38. The number of hydrazine groups is 1. The quantitative estimate of drug-likeness (QED) is 0.781. The zero-order chi connectivity index (χ0) is 18.1. The molecule has 1 amide bonds. The first-order chi connectivity index (χ1) is 12.7. The minimum Gasteiger partial charge on any atom is -0.472 e. The Kier molecular flexibility index (Phi) is 4.45. The second kappa shape index (κ2) is 6.90. The third-order valence-corrected chi connectivity index (χ3v) is 5.46. The Morgan fingerprint density at radius 3 is 3.04 bits per heavy atom. The SMILES string of the molecule is Cc1cc(C#N)ncc1C(=O)NC1CCC2NNC(c3ccoc3)C2C1. The van der Waals surface area contributed by atoms with Gasteiger partial charge in [-0.2, -0.15) is 5.26 Å². The molecule has 7 nitrogen and oxygen atoms in total. The minimum absolute atomic E-state index is 0.120. The molecule has 0 bridgehead atoms. The van der Waals surface area contributed by atoms with Gasteiger partial charge in [0, 0.05) is 23.8 Å². The molecule has 1 aliphatic heterocycles. The van der Waals surface area contributed by atoms with Crippen LogP contribution in [0.15, 0.2) is 35.3 Å². The number of pyridine rings is 1. The molecular weight excluding hydrogens is 330 g/mol. The molecule has 1 saturated heterocycles. The van der Waals surface area contributed by atoms with Gasteiger partial charge in [-0.25, -0.2) is 10.4 Å². The zero-order valence-corrected chi connectivity index (χ0v) is 14.5. The van der Waals surface area contributed by atoms with Gasteiger partial charge in [-0.1, -0.05) is 0 Å². The summed E-state index contributed by atoms with van der Waals surface area (Å²) in [6, 6.07) is 6.34. The Bertz CT molecular complexity index is 842. The molecule has 0 spiro atoms. The van der Waals surface area contributed by atoms with E-state index in [1.54, 1.807) is 18.6 Å². The largest absolute Gasteiger partial charge is 0.472 e. The summed E-state index contributed by atoms with van der Waals surface area (Å²) in [7, 11) is 0. The number of hydrogen-bond acceptors (Lipinski definition) is 6. The number of fused-ring (bicyclic) bond motifs is 1. The van der Waals surface area contributed by atoms with E-state index in [0.717, 1.165) is 30.4 Å². The summed E-state index contributed by atoms with van der Waals surface area (Å²) in [6.45, 7) is 1.83. The Morgan fingerprint density at radius 1 is 1.42 bits per heavy atom. The average Bonchev–Trinajstić information content (AvgIpc) is 3.30. The molecular formula is C19H21N5O2. The smallest absolute Gasteiger partial charge is 0.253 e. The number of nitriles is 1. The summed E-state index contributed by atoms with van der Waals surface area (Å²) in [6.07, 6.45) is 7.78. The first-order valence-corrected chi connectivity index (χ1v) is 8.86. The lowest BCUT2D eigenvalue weighted by atomic mass is 9.77. The summed E-state index contributed by atoms with van der Waals surface area (Å²) in [5, 5.41) is 12.1. The summed E-state index contributed by atoms with van der Waals surface area (Å²) in [5.74, 6) is 0.272. The van der Waals surface area contributed by atoms with Crippen molar-refractivity contribution in [2.75, 3.05) is 0 Å². The number of aromatic nitrogens is 1. The lowest BCUT2D eigenvalue weighted by Crippen LogP contribution is -2.44. The van der Waals surface area contributed by atoms with Crippen molar-refractivity contribution in [3.8, 4) is 6.07 Å². The normalized spacial score (nSPS) is 27.5. The molecule has 2 fully saturated rings. The van der Waals surface area contributed by atoms with Crippen molar-refractivity contribution in [2.24, 2.45) is 5.92 Å². The van der Waals surface area contributed by atoms with Gasteiger partial charge in [0.2, 0.25) is 0 Å². The minimum atomic E-state index is -0.123. The van der Waals surface area contributed by atoms with Crippen LogP contribution in [0.2, 0.25) is 0 Å². The second-order valence-electron chi connectivity index (χ2n) is 7.07. The van der Waals surface area contributed by atoms with Gasteiger partial charge in [0.1, 0.15) is 11.8 Å². The molecule has 134 valence electrons. The van der Waals surface area contributed by atoms with Gasteiger partial charge < -0.3 is 9.73 Å². The van der Waals surface area contributed by atoms with Crippen LogP contribution in [0.3, 0.4) is 0 Å². The highest BCUT2D eigenvalue weighted by Gasteiger charge is 2.41. The highest BCUT2D eigenvalue weighted by molar-refractivity contribution is 5.95. The Labute approximate surface area is 151 Å². The van der Waals surface area contributed by atoms with Crippen molar-refractivity contribution < 1.29 is 9.21 Å². The van der Waals surface area contributed by atoms with Crippen molar-refractivity contribution in [3.63, 3.8) is 0 Å². The summed E-state index contributed by atoms with van der Waals surface area (Å²) < 4.78 is 5.22. The molecule has 4 unspecified atom stereocenters. The van der Waals surface area contributed by atoms with Gasteiger partial charge >= 0.3 is 0 Å². The van der Waals surface area contributed by atoms with E-state index >= 15 is 0 Å². The molecule has 3 heterocycles. The molecule has 0 aromatic carbocycles. The number of hydrogen-bond donors (Lipinski definition) is 3. The predicted octanol–water partition coefficient (Wildman–Crippen LogP) is 1.97.